The molecule has 2 aromatic heterocycles. The maximum atomic E-state index is 11.0. The van der Waals surface area contributed by atoms with Crippen molar-refractivity contribution in [3.05, 3.63) is 72.1 Å². The van der Waals surface area contributed by atoms with Gasteiger partial charge in [0.25, 0.3) is 0 Å². The lowest BCUT2D eigenvalue weighted by Crippen LogP contribution is -1.91. The number of nitrogens with zero attached hydrogens (tertiary/aromatic N) is 2. The third-order valence-electron chi connectivity index (χ3n) is 3.94. The van der Waals surface area contributed by atoms with E-state index in [1.807, 2.05) is 41.9 Å². The van der Waals surface area contributed by atoms with Gasteiger partial charge in [-0.25, -0.2) is 4.98 Å². The second-order valence-corrected chi connectivity index (χ2v) is 5.49. The van der Waals surface area contributed by atoms with Crippen molar-refractivity contribution in [1.29, 1.82) is 0 Å². The smallest absolute Gasteiger partial charge is 0.151 e. The molecule has 106 valence electrons. The van der Waals surface area contributed by atoms with Crippen molar-refractivity contribution in [2.24, 2.45) is 0 Å². The molecule has 0 radical (unpaired) electrons. The van der Waals surface area contributed by atoms with Crippen LogP contribution in [-0.2, 0) is 0 Å². The molecule has 4 aromatic rings. The Hall–Kier alpha value is -2.94. The van der Waals surface area contributed by atoms with Crippen LogP contribution in [0.2, 0.25) is 0 Å². The minimum atomic E-state index is 0.660. The van der Waals surface area contributed by atoms with Crippen LogP contribution in [0.25, 0.3) is 27.7 Å². The molecule has 0 aliphatic carbocycles. The molecule has 0 spiro atoms. The number of pyridine rings is 1. The molecule has 2 aromatic carbocycles. The molecule has 0 saturated carbocycles. The van der Waals surface area contributed by atoms with E-state index in [9.17, 15) is 4.79 Å². The van der Waals surface area contributed by atoms with Crippen LogP contribution >= 0.6 is 0 Å². The summed E-state index contributed by atoms with van der Waals surface area (Å²) >= 11 is 0. The molecule has 3 heteroatoms. The lowest BCUT2D eigenvalue weighted by atomic mass is 10.1. The summed E-state index contributed by atoms with van der Waals surface area (Å²) in [5.74, 6) is 0. The van der Waals surface area contributed by atoms with E-state index in [4.69, 9.17) is 4.98 Å². The number of hydrogen-bond acceptors (Lipinski definition) is 2. The van der Waals surface area contributed by atoms with E-state index in [0.717, 1.165) is 28.8 Å². The molecule has 0 N–H and O–H groups in total. The zero-order valence-corrected chi connectivity index (χ0v) is 12.2. The van der Waals surface area contributed by atoms with Gasteiger partial charge in [0.15, 0.2) is 6.29 Å². The van der Waals surface area contributed by atoms with E-state index in [1.165, 1.54) is 10.8 Å². The third kappa shape index (κ3) is 1.99. The Morgan fingerprint density at radius 3 is 2.64 bits per heavy atom. The number of carbonyl (C=O) groups excluding carboxylic acids is 1. The molecule has 0 amide bonds. The van der Waals surface area contributed by atoms with Crippen molar-refractivity contribution in [2.75, 3.05) is 0 Å². The van der Waals surface area contributed by atoms with Crippen LogP contribution in [0.15, 0.2) is 60.9 Å². The fourth-order valence-corrected chi connectivity index (χ4v) is 2.85. The van der Waals surface area contributed by atoms with E-state index in [2.05, 4.69) is 30.3 Å². The van der Waals surface area contributed by atoms with E-state index >= 15 is 0 Å². The molecule has 0 aliphatic heterocycles. The topological polar surface area (TPSA) is 34.4 Å². The summed E-state index contributed by atoms with van der Waals surface area (Å²) in [5.41, 5.74) is 4.53. The summed E-state index contributed by atoms with van der Waals surface area (Å²) in [4.78, 5) is 15.7. The first-order chi connectivity index (χ1) is 10.7. The highest BCUT2D eigenvalue weighted by molar-refractivity contribution is 5.87. The number of hydrogen-bond donors (Lipinski definition) is 0. The van der Waals surface area contributed by atoms with Gasteiger partial charge in [-0.05, 0) is 35.4 Å². The Morgan fingerprint density at radius 2 is 1.82 bits per heavy atom. The molecule has 4 rings (SSSR count). The lowest BCUT2D eigenvalue weighted by Gasteiger charge is -2.00. The van der Waals surface area contributed by atoms with Crippen molar-refractivity contribution < 1.29 is 4.79 Å². The number of benzene rings is 2. The van der Waals surface area contributed by atoms with Gasteiger partial charge in [0, 0.05) is 23.5 Å². The molecule has 0 unspecified atom stereocenters. The molecular formula is C19H14N2O. The molecular weight excluding hydrogens is 272 g/mol. The average molecular weight is 286 g/mol. The highest BCUT2D eigenvalue weighted by Gasteiger charge is 2.08. The van der Waals surface area contributed by atoms with Gasteiger partial charge in [-0.15, -0.1) is 0 Å². The van der Waals surface area contributed by atoms with Crippen LogP contribution in [0, 0.1) is 6.92 Å². The molecule has 0 atom stereocenters. The maximum Gasteiger partial charge on any atom is 0.151 e. The van der Waals surface area contributed by atoms with Crippen molar-refractivity contribution in [3.63, 3.8) is 0 Å². The van der Waals surface area contributed by atoms with E-state index in [1.54, 1.807) is 0 Å². The summed E-state index contributed by atoms with van der Waals surface area (Å²) in [6.45, 7) is 1.97. The molecule has 0 aliphatic rings. The minimum absolute atomic E-state index is 0.660. The van der Waals surface area contributed by atoms with Gasteiger partial charge in [0.2, 0.25) is 0 Å². The fraction of sp³-hybridized carbons (Fsp3) is 0.0526. The van der Waals surface area contributed by atoms with Gasteiger partial charge in [0.1, 0.15) is 5.65 Å². The monoisotopic (exact) mass is 286 g/mol. The zero-order valence-electron chi connectivity index (χ0n) is 12.2. The van der Waals surface area contributed by atoms with Crippen molar-refractivity contribution in [2.45, 2.75) is 6.92 Å². The maximum absolute atomic E-state index is 11.0. The number of rotatable bonds is 2. The molecule has 2 heterocycles. The minimum Gasteiger partial charge on any atom is -0.306 e. The Labute approximate surface area is 127 Å². The van der Waals surface area contributed by atoms with Crippen molar-refractivity contribution in [1.82, 2.24) is 9.38 Å². The predicted octanol–water partition coefficient (Wildman–Crippen LogP) is 4.28. The first-order valence-electron chi connectivity index (χ1n) is 7.18. The zero-order chi connectivity index (χ0) is 15.1. The number of carbonyl (C=O) groups is 1. The van der Waals surface area contributed by atoms with Crippen LogP contribution in [0.3, 0.4) is 0 Å². The Bertz CT molecular complexity index is 1010. The highest BCUT2D eigenvalue weighted by Crippen LogP contribution is 2.25. The summed E-state index contributed by atoms with van der Waals surface area (Å²) in [6, 6.07) is 16.5. The second-order valence-electron chi connectivity index (χ2n) is 5.49. The number of aromatic nitrogens is 2. The molecule has 22 heavy (non-hydrogen) atoms. The first-order valence-corrected chi connectivity index (χ1v) is 7.18. The second kappa shape index (κ2) is 4.81. The number of aryl methyl sites for hydroxylation is 1. The standard InChI is InChI=1S/C19H14N2O/c1-13-8-14(12-22)10-21-11-18(20-19(13)21)17-7-6-15-4-2-3-5-16(15)9-17/h2-12H,1H3. The summed E-state index contributed by atoms with van der Waals surface area (Å²) in [7, 11) is 0. The molecule has 0 bridgehead atoms. The lowest BCUT2D eigenvalue weighted by molar-refractivity contribution is 0.112. The van der Waals surface area contributed by atoms with Crippen LogP contribution in [0.1, 0.15) is 15.9 Å². The van der Waals surface area contributed by atoms with Crippen LogP contribution in [0.4, 0.5) is 0 Å². The largest absolute Gasteiger partial charge is 0.306 e. The van der Waals surface area contributed by atoms with E-state index in [-0.39, 0.29) is 0 Å². The summed E-state index contributed by atoms with van der Waals surface area (Å²) < 4.78 is 1.92. The van der Waals surface area contributed by atoms with Crippen LogP contribution in [0.5, 0.6) is 0 Å². The summed E-state index contributed by atoms with van der Waals surface area (Å²) in [6.07, 6.45) is 4.65. The fourth-order valence-electron chi connectivity index (χ4n) is 2.85. The number of fused-ring (bicyclic) bond motifs is 2. The quantitative estimate of drug-likeness (QED) is 0.516. The Morgan fingerprint density at radius 1 is 1.00 bits per heavy atom. The van der Waals surface area contributed by atoms with Gasteiger partial charge in [-0.3, -0.25) is 4.79 Å². The van der Waals surface area contributed by atoms with E-state index < -0.39 is 0 Å². The Balaban J connectivity index is 1.92. The van der Waals surface area contributed by atoms with Gasteiger partial charge in [-0.1, -0.05) is 36.4 Å². The van der Waals surface area contributed by atoms with Crippen molar-refractivity contribution in [3.8, 4) is 11.3 Å². The average Bonchev–Trinajstić information content (AvgIpc) is 2.99. The molecule has 0 saturated heterocycles. The summed E-state index contributed by atoms with van der Waals surface area (Å²) in [5, 5.41) is 2.41. The van der Waals surface area contributed by atoms with Crippen LogP contribution in [-0.4, -0.2) is 15.7 Å². The number of imidazole rings is 1. The van der Waals surface area contributed by atoms with Gasteiger partial charge in [0.05, 0.1) is 5.69 Å². The van der Waals surface area contributed by atoms with Crippen LogP contribution < -0.4 is 0 Å². The number of aldehydes is 1. The van der Waals surface area contributed by atoms with Gasteiger partial charge < -0.3 is 4.40 Å². The first kappa shape index (κ1) is 12.8. The Kier molecular flexibility index (Phi) is 2.79. The van der Waals surface area contributed by atoms with E-state index in [0.29, 0.717) is 5.56 Å². The van der Waals surface area contributed by atoms with Crippen molar-refractivity contribution >= 4 is 22.7 Å². The molecule has 3 nitrogen and oxygen atoms in total. The van der Waals surface area contributed by atoms with Gasteiger partial charge >= 0.3 is 0 Å². The highest BCUT2D eigenvalue weighted by atomic mass is 16.1. The predicted molar refractivity (Wildman–Crippen MR) is 88.3 cm³/mol. The normalized spacial score (nSPS) is 11.1. The molecule has 0 fully saturated rings. The van der Waals surface area contributed by atoms with Gasteiger partial charge in [-0.2, -0.15) is 0 Å². The SMILES string of the molecule is Cc1cc(C=O)cn2cc(-c3ccc4ccccc4c3)nc12. The third-order valence-corrected chi connectivity index (χ3v) is 3.94.